The highest BCUT2D eigenvalue weighted by atomic mass is 79.9. The molecule has 1 aliphatic rings. The third kappa shape index (κ3) is 5.73. The van der Waals surface area contributed by atoms with Crippen LogP contribution in [0.4, 0.5) is 4.79 Å². The van der Waals surface area contributed by atoms with Gasteiger partial charge in [0.05, 0.1) is 26.9 Å². The standard InChI is InChI=1S/C24H25BrN2O6/c1-4-10-33-20-8-6-15(11-21(20)31-3)14-27-23(29)18(22(28)26-24(27)30)13-16-12-17(25)7-9-19(16)32-5-2/h6-9,11-13H,4-5,10,14H2,1-3H3,(H,26,28,30)/b18-13+. The summed E-state index contributed by atoms with van der Waals surface area (Å²) in [5, 5.41) is 2.23. The van der Waals surface area contributed by atoms with Crippen molar-refractivity contribution in [1.82, 2.24) is 10.2 Å². The number of methoxy groups -OCH3 is 1. The first kappa shape index (κ1) is 24.3. The summed E-state index contributed by atoms with van der Waals surface area (Å²) in [6.07, 6.45) is 2.27. The zero-order valence-corrected chi connectivity index (χ0v) is 20.2. The van der Waals surface area contributed by atoms with E-state index in [1.165, 1.54) is 13.2 Å². The summed E-state index contributed by atoms with van der Waals surface area (Å²) in [6, 6.07) is 9.66. The molecule has 1 heterocycles. The number of nitrogens with zero attached hydrogens (tertiary/aromatic N) is 1. The van der Waals surface area contributed by atoms with E-state index >= 15 is 0 Å². The van der Waals surface area contributed by atoms with Crippen molar-refractivity contribution >= 4 is 39.9 Å². The van der Waals surface area contributed by atoms with Crippen LogP contribution in [0.1, 0.15) is 31.4 Å². The fraction of sp³-hybridized carbons (Fsp3) is 0.292. The Balaban J connectivity index is 1.90. The lowest BCUT2D eigenvalue weighted by Crippen LogP contribution is -2.53. The van der Waals surface area contributed by atoms with Crippen molar-refractivity contribution < 1.29 is 28.6 Å². The van der Waals surface area contributed by atoms with Gasteiger partial charge >= 0.3 is 6.03 Å². The van der Waals surface area contributed by atoms with Crippen molar-refractivity contribution in [1.29, 1.82) is 0 Å². The van der Waals surface area contributed by atoms with Crippen molar-refractivity contribution in [2.24, 2.45) is 0 Å². The van der Waals surface area contributed by atoms with Crippen molar-refractivity contribution in [3.05, 3.63) is 57.6 Å². The van der Waals surface area contributed by atoms with Crippen LogP contribution >= 0.6 is 15.9 Å². The molecule has 2 aromatic rings. The molecule has 2 aromatic carbocycles. The second kappa shape index (κ2) is 11.0. The molecule has 9 heteroatoms. The van der Waals surface area contributed by atoms with Gasteiger partial charge in [-0.15, -0.1) is 0 Å². The first-order valence-corrected chi connectivity index (χ1v) is 11.3. The molecule has 1 N–H and O–H groups in total. The van der Waals surface area contributed by atoms with Gasteiger partial charge in [-0.05, 0) is 55.3 Å². The highest BCUT2D eigenvalue weighted by molar-refractivity contribution is 9.10. The van der Waals surface area contributed by atoms with Gasteiger partial charge in [-0.2, -0.15) is 0 Å². The number of urea groups is 1. The summed E-state index contributed by atoms with van der Waals surface area (Å²) in [6.45, 7) is 4.75. The minimum Gasteiger partial charge on any atom is -0.493 e. The number of amides is 4. The van der Waals surface area contributed by atoms with Gasteiger partial charge in [-0.25, -0.2) is 4.79 Å². The van der Waals surface area contributed by atoms with E-state index in [0.717, 1.165) is 15.8 Å². The van der Waals surface area contributed by atoms with E-state index in [9.17, 15) is 14.4 Å². The van der Waals surface area contributed by atoms with Gasteiger partial charge < -0.3 is 14.2 Å². The third-order valence-corrected chi connectivity index (χ3v) is 5.28. The van der Waals surface area contributed by atoms with Crippen LogP contribution in [-0.4, -0.2) is 43.1 Å². The average Bonchev–Trinajstić information content (AvgIpc) is 2.80. The molecule has 174 valence electrons. The number of hydrogen-bond donors (Lipinski definition) is 1. The molecule has 0 radical (unpaired) electrons. The Morgan fingerprint density at radius 3 is 2.45 bits per heavy atom. The maximum atomic E-state index is 13.1. The number of carbonyl (C=O) groups excluding carboxylic acids is 3. The smallest absolute Gasteiger partial charge is 0.331 e. The topological polar surface area (TPSA) is 94.2 Å². The van der Waals surface area contributed by atoms with E-state index < -0.39 is 17.8 Å². The lowest BCUT2D eigenvalue weighted by molar-refractivity contribution is -0.130. The highest BCUT2D eigenvalue weighted by Crippen LogP contribution is 2.30. The lowest BCUT2D eigenvalue weighted by Gasteiger charge is -2.26. The Kier molecular flexibility index (Phi) is 8.11. The maximum Gasteiger partial charge on any atom is 0.331 e. The first-order valence-electron chi connectivity index (χ1n) is 10.5. The summed E-state index contributed by atoms with van der Waals surface area (Å²) in [7, 11) is 1.52. The number of carbonyl (C=O) groups is 3. The summed E-state index contributed by atoms with van der Waals surface area (Å²) in [4.78, 5) is 39.1. The minimum absolute atomic E-state index is 0.0451. The van der Waals surface area contributed by atoms with Gasteiger partial charge in [0.25, 0.3) is 11.8 Å². The normalized spacial score (nSPS) is 15.0. The fourth-order valence-corrected chi connectivity index (χ4v) is 3.62. The molecule has 0 saturated carbocycles. The Labute approximate surface area is 200 Å². The molecule has 8 nitrogen and oxygen atoms in total. The lowest BCUT2D eigenvalue weighted by atomic mass is 10.1. The van der Waals surface area contributed by atoms with Crippen molar-refractivity contribution in [2.45, 2.75) is 26.8 Å². The van der Waals surface area contributed by atoms with Crippen LogP contribution in [0, 0.1) is 0 Å². The second-order valence-electron chi connectivity index (χ2n) is 7.16. The van der Waals surface area contributed by atoms with E-state index in [1.807, 2.05) is 13.8 Å². The SMILES string of the molecule is CCCOc1ccc(CN2C(=O)NC(=O)/C(=C\c3cc(Br)ccc3OCC)C2=O)cc1OC. The molecule has 0 atom stereocenters. The minimum atomic E-state index is -0.785. The zero-order chi connectivity index (χ0) is 24.0. The average molecular weight is 517 g/mol. The molecule has 0 aliphatic carbocycles. The van der Waals surface area contributed by atoms with Gasteiger partial charge in [0.1, 0.15) is 11.3 Å². The molecular weight excluding hydrogens is 492 g/mol. The maximum absolute atomic E-state index is 13.1. The van der Waals surface area contributed by atoms with E-state index in [2.05, 4.69) is 21.2 Å². The van der Waals surface area contributed by atoms with Crippen LogP contribution in [0.2, 0.25) is 0 Å². The van der Waals surface area contributed by atoms with Gasteiger partial charge in [0.15, 0.2) is 11.5 Å². The van der Waals surface area contributed by atoms with Gasteiger partial charge in [-0.1, -0.05) is 28.9 Å². The van der Waals surface area contributed by atoms with Crippen LogP contribution in [-0.2, 0) is 16.1 Å². The van der Waals surface area contributed by atoms with E-state index in [1.54, 1.807) is 36.4 Å². The molecular formula is C24H25BrN2O6. The zero-order valence-electron chi connectivity index (χ0n) is 18.6. The predicted molar refractivity (Wildman–Crippen MR) is 126 cm³/mol. The molecule has 3 rings (SSSR count). The Morgan fingerprint density at radius 1 is 1.00 bits per heavy atom. The molecule has 0 bridgehead atoms. The molecule has 1 aliphatic heterocycles. The second-order valence-corrected chi connectivity index (χ2v) is 8.07. The number of barbiturate groups is 1. The van der Waals surface area contributed by atoms with E-state index in [0.29, 0.717) is 41.6 Å². The largest absolute Gasteiger partial charge is 0.493 e. The third-order valence-electron chi connectivity index (χ3n) is 4.79. The quantitative estimate of drug-likeness (QED) is 0.394. The van der Waals surface area contributed by atoms with Crippen LogP contribution in [0.3, 0.4) is 0 Å². The van der Waals surface area contributed by atoms with Crippen LogP contribution < -0.4 is 19.5 Å². The number of imide groups is 2. The number of ether oxygens (including phenoxy) is 3. The summed E-state index contributed by atoms with van der Waals surface area (Å²) >= 11 is 3.39. The van der Waals surface area contributed by atoms with Gasteiger partial charge in [-0.3, -0.25) is 19.8 Å². The molecule has 0 aromatic heterocycles. The number of nitrogens with one attached hydrogen (secondary N) is 1. The number of rotatable bonds is 9. The van der Waals surface area contributed by atoms with Gasteiger partial charge in [0, 0.05) is 10.0 Å². The highest BCUT2D eigenvalue weighted by Gasteiger charge is 2.36. The van der Waals surface area contributed by atoms with E-state index in [4.69, 9.17) is 14.2 Å². The number of benzene rings is 2. The fourth-order valence-electron chi connectivity index (χ4n) is 3.24. The molecule has 4 amide bonds. The monoisotopic (exact) mass is 516 g/mol. The number of halogens is 1. The van der Waals surface area contributed by atoms with Crippen molar-refractivity contribution in [3.8, 4) is 17.2 Å². The van der Waals surface area contributed by atoms with Gasteiger partial charge in [0.2, 0.25) is 0 Å². The molecule has 33 heavy (non-hydrogen) atoms. The molecule has 1 fully saturated rings. The van der Waals surface area contributed by atoms with E-state index in [-0.39, 0.29) is 12.1 Å². The van der Waals surface area contributed by atoms with Crippen molar-refractivity contribution in [3.63, 3.8) is 0 Å². The summed E-state index contributed by atoms with van der Waals surface area (Å²) < 4.78 is 17.4. The summed E-state index contributed by atoms with van der Waals surface area (Å²) in [5.74, 6) is 0.130. The van der Waals surface area contributed by atoms with Crippen molar-refractivity contribution in [2.75, 3.05) is 20.3 Å². The Morgan fingerprint density at radius 2 is 1.76 bits per heavy atom. The Bertz CT molecular complexity index is 1100. The number of hydrogen-bond acceptors (Lipinski definition) is 6. The summed E-state index contributed by atoms with van der Waals surface area (Å²) in [5.41, 5.74) is 1.02. The first-order chi connectivity index (χ1) is 15.9. The molecule has 0 unspecified atom stereocenters. The van der Waals surface area contributed by atoms with Crippen LogP contribution in [0.15, 0.2) is 46.4 Å². The molecule has 0 spiro atoms. The van der Waals surface area contributed by atoms with Crippen LogP contribution in [0.5, 0.6) is 17.2 Å². The predicted octanol–water partition coefficient (Wildman–Crippen LogP) is 4.31. The Hall–Kier alpha value is -3.33. The van der Waals surface area contributed by atoms with Crippen LogP contribution in [0.25, 0.3) is 6.08 Å². The molecule has 1 saturated heterocycles.